The molecular formula is C10H17N5O3S2. The Hall–Kier alpha value is -1.26. The molecule has 1 saturated heterocycles. The van der Waals surface area contributed by atoms with Crippen molar-refractivity contribution in [2.45, 2.75) is 25.8 Å². The molecule has 2 N–H and O–H groups in total. The lowest BCUT2D eigenvalue weighted by Gasteiger charge is -2.31. The Bertz CT molecular complexity index is 585. The van der Waals surface area contributed by atoms with E-state index in [-0.39, 0.29) is 12.1 Å². The molecule has 2 heterocycles. The maximum absolute atomic E-state index is 11.8. The van der Waals surface area contributed by atoms with Gasteiger partial charge in [-0.3, -0.25) is 5.32 Å². The monoisotopic (exact) mass is 319 g/mol. The Morgan fingerprint density at radius 2 is 2.20 bits per heavy atom. The summed E-state index contributed by atoms with van der Waals surface area (Å²) in [7, 11) is -3.21. The molecule has 0 radical (unpaired) electrons. The first-order valence-electron chi connectivity index (χ1n) is 6.17. The second-order valence-electron chi connectivity index (χ2n) is 4.68. The van der Waals surface area contributed by atoms with Gasteiger partial charge in [0.25, 0.3) is 0 Å². The van der Waals surface area contributed by atoms with Crippen LogP contribution >= 0.6 is 11.3 Å². The molecule has 1 aromatic heterocycles. The number of nitrogens with zero attached hydrogens (tertiary/aromatic N) is 3. The molecule has 2 rings (SSSR count). The van der Waals surface area contributed by atoms with Crippen LogP contribution in [-0.2, 0) is 10.0 Å². The highest BCUT2D eigenvalue weighted by Gasteiger charge is 2.26. The van der Waals surface area contributed by atoms with Crippen LogP contribution in [0.1, 0.15) is 17.8 Å². The van der Waals surface area contributed by atoms with E-state index in [1.165, 1.54) is 21.9 Å². The fourth-order valence-corrected chi connectivity index (χ4v) is 3.53. The van der Waals surface area contributed by atoms with Crippen LogP contribution in [-0.4, -0.2) is 54.3 Å². The van der Waals surface area contributed by atoms with Gasteiger partial charge in [-0.2, -0.15) is 0 Å². The van der Waals surface area contributed by atoms with Gasteiger partial charge >= 0.3 is 6.03 Å². The first kappa shape index (κ1) is 15.1. The molecule has 1 aliphatic heterocycles. The quantitative estimate of drug-likeness (QED) is 0.839. The molecule has 10 heteroatoms. The number of carbonyl (C=O) groups excluding carboxylic acids is 1. The van der Waals surface area contributed by atoms with E-state index in [0.717, 1.165) is 17.8 Å². The van der Waals surface area contributed by atoms with Crippen molar-refractivity contribution >= 4 is 32.5 Å². The molecule has 0 unspecified atom stereocenters. The number of hydrogen-bond acceptors (Lipinski definition) is 6. The van der Waals surface area contributed by atoms with Crippen molar-refractivity contribution in [2.24, 2.45) is 0 Å². The summed E-state index contributed by atoms with van der Waals surface area (Å²) < 4.78 is 24.4. The zero-order valence-corrected chi connectivity index (χ0v) is 12.9. The average molecular weight is 319 g/mol. The van der Waals surface area contributed by atoms with Gasteiger partial charge in [-0.25, -0.2) is 17.5 Å². The zero-order chi connectivity index (χ0) is 14.8. The van der Waals surface area contributed by atoms with Crippen molar-refractivity contribution in [3.63, 3.8) is 0 Å². The van der Waals surface area contributed by atoms with Crippen LogP contribution in [0.3, 0.4) is 0 Å². The van der Waals surface area contributed by atoms with Gasteiger partial charge in [0.15, 0.2) is 0 Å². The Morgan fingerprint density at radius 3 is 2.80 bits per heavy atom. The van der Waals surface area contributed by atoms with Crippen LogP contribution < -0.4 is 10.6 Å². The molecule has 8 nitrogen and oxygen atoms in total. The van der Waals surface area contributed by atoms with Crippen LogP contribution in [0.2, 0.25) is 0 Å². The van der Waals surface area contributed by atoms with Crippen molar-refractivity contribution in [2.75, 3.05) is 24.7 Å². The number of aromatic nitrogens is 2. The Labute approximate surface area is 121 Å². The molecule has 2 amide bonds. The smallest absolute Gasteiger partial charge is 0.321 e. The Morgan fingerprint density at radius 1 is 1.45 bits per heavy atom. The second-order valence-corrected chi connectivity index (χ2v) is 7.85. The maximum Gasteiger partial charge on any atom is 0.321 e. The number of rotatable bonds is 3. The molecule has 0 spiro atoms. The zero-order valence-electron chi connectivity index (χ0n) is 11.3. The van der Waals surface area contributed by atoms with Crippen LogP contribution in [0.15, 0.2) is 0 Å². The van der Waals surface area contributed by atoms with E-state index < -0.39 is 10.0 Å². The van der Waals surface area contributed by atoms with Crippen molar-refractivity contribution < 1.29 is 13.2 Å². The van der Waals surface area contributed by atoms with E-state index in [9.17, 15) is 13.2 Å². The first-order chi connectivity index (χ1) is 9.34. The minimum atomic E-state index is -3.21. The number of sulfonamides is 1. The van der Waals surface area contributed by atoms with Gasteiger partial charge in [0.1, 0.15) is 5.01 Å². The molecule has 0 bridgehead atoms. The molecule has 1 fully saturated rings. The molecule has 112 valence electrons. The number of carbonyl (C=O) groups is 1. The van der Waals surface area contributed by atoms with Crippen molar-refractivity contribution in [3.8, 4) is 0 Å². The average Bonchev–Trinajstić information content (AvgIpc) is 2.73. The minimum Gasteiger partial charge on any atom is -0.334 e. The predicted octanol–water partition coefficient (Wildman–Crippen LogP) is 0.392. The maximum atomic E-state index is 11.8. The van der Waals surface area contributed by atoms with Crippen LogP contribution in [0.5, 0.6) is 0 Å². The number of aryl methyl sites for hydroxylation is 1. The minimum absolute atomic E-state index is 0.188. The fourth-order valence-electron chi connectivity index (χ4n) is 2.03. The number of urea groups is 1. The van der Waals surface area contributed by atoms with Gasteiger partial charge in [-0.15, -0.1) is 10.2 Å². The molecule has 1 atom stereocenters. The lowest BCUT2D eigenvalue weighted by molar-refractivity contribution is 0.236. The topological polar surface area (TPSA) is 104 Å². The van der Waals surface area contributed by atoms with Crippen LogP contribution in [0.25, 0.3) is 0 Å². The lowest BCUT2D eigenvalue weighted by atomic mass is 10.1. The van der Waals surface area contributed by atoms with Crippen molar-refractivity contribution in [1.82, 2.24) is 19.8 Å². The summed E-state index contributed by atoms with van der Waals surface area (Å²) in [6.45, 7) is 2.61. The van der Waals surface area contributed by atoms with Gasteiger partial charge in [-0.05, 0) is 19.8 Å². The normalized spacial score (nSPS) is 20.6. The largest absolute Gasteiger partial charge is 0.334 e. The van der Waals surface area contributed by atoms with Gasteiger partial charge in [0, 0.05) is 19.1 Å². The highest BCUT2D eigenvalue weighted by molar-refractivity contribution is 7.88. The number of nitrogens with one attached hydrogen (secondary N) is 2. The van der Waals surface area contributed by atoms with E-state index in [1.807, 2.05) is 0 Å². The predicted molar refractivity (Wildman–Crippen MR) is 76.2 cm³/mol. The van der Waals surface area contributed by atoms with Crippen molar-refractivity contribution in [3.05, 3.63) is 5.01 Å². The summed E-state index contributed by atoms with van der Waals surface area (Å²) in [4.78, 5) is 11.8. The summed E-state index contributed by atoms with van der Waals surface area (Å²) in [5, 5.41) is 14.1. The van der Waals surface area contributed by atoms with Crippen LogP contribution in [0.4, 0.5) is 9.93 Å². The van der Waals surface area contributed by atoms with E-state index in [4.69, 9.17) is 0 Å². The highest BCUT2D eigenvalue weighted by atomic mass is 32.2. The summed E-state index contributed by atoms with van der Waals surface area (Å²) in [6.07, 6.45) is 2.67. The number of hydrogen-bond donors (Lipinski definition) is 2. The third kappa shape index (κ3) is 4.12. The molecule has 1 aliphatic rings. The van der Waals surface area contributed by atoms with E-state index in [0.29, 0.717) is 18.2 Å². The summed E-state index contributed by atoms with van der Waals surface area (Å²) in [5.74, 6) is 0. The van der Waals surface area contributed by atoms with Gasteiger partial charge < -0.3 is 5.32 Å². The number of amides is 2. The summed E-state index contributed by atoms with van der Waals surface area (Å²) in [6, 6.07) is -0.575. The molecule has 1 aromatic rings. The number of piperidine rings is 1. The number of anilines is 1. The van der Waals surface area contributed by atoms with E-state index in [1.54, 1.807) is 6.92 Å². The standard InChI is InChI=1S/C10H17N5O3S2/c1-7-13-14-10(19-7)12-9(16)11-8-4-3-5-15(6-8)20(2,17)18/h8H,3-6H2,1-2H3,(H2,11,12,14,16)/t8-/m0/s1. The summed E-state index contributed by atoms with van der Waals surface area (Å²) in [5.41, 5.74) is 0. The van der Waals surface area contributed by atoms with Gasteiger partial charge in [0.05, 0.1) is 6.26 Å². The van der Waals surface area contributed by atoms with Crippen molar-refractivity contribution in [1.29, 1.82) is 0 Å². The van der Waals surface area contributed by atoms with E-state index in [2.05, 4.69) is 20.8 Å². The van der Waals surface area contributed by atoms with Crippen LogP contribution in [0, 0.1) is 6.92 Å². The molecule has 0 saturated carbocycles. The molecular weight excluding hydrogens is 302 g/mol. The fraction of sp³-hybridized carbons (Fsp3) is 0.700. The third-order valence-corrected chi connectivity index (χ3v) is 4.96. The molecule has 0 aliphatic carbocycles. The lowest BCUT2D eigenvalue weighted by Crippen LogP contribution is -2.50. The highest BCUT2D eigenvalue weighted by Crippen LogP contribution is 2.15. The SMILES string of the molecule is Cc1nnc(NC(=O)N[C@H]2CCCN(S(C)(=O)=O)C2)s1. The third-order valence-electron chi connectivity index (χ3n) is 2.93. The Balaban J connectivity index is 1.88. The molecule has 20 heavy (non-hydrogen) atoms. The second kappa shape index (κ2) is 6.02. The van der Waals surface area contributed by atoms with Gasteiger partial charge in [0.2, 0.25) is 15.2 Å². The first-order valence-corrected chi connectivity index (χ1v) is 8.84. The van der Waals surface area contributed by atoms with Gasteiger partial charge in [-0.1, -0.05) is 11.3 Å². The van der Waals surface area contributed by atoms with E-state index >= 15 is 0 Å². The Kier molecular flexibility index (Phi) is 4.55. The molecule has 0 aromatic carbocycles. The summed E-state index contributed by atoms with van der Waals surface area (Å²) >= 11 is 1.28.